The first-order chi connectivity index (χ1) is 14.9. The molecule has 0 aliphatic rings. The first-order valence-electron chi connectivity index (χ1n) is 10.4. The number of aromatic amines is 1. The maximum Gasteiger partial charge on any atom is 0.354 e. The highest BCUT2D eigenvalue weighted by Gasteiger charge is 2.35. The Bertz CT molecular complexity index is 1070. The van der Waals surface area contributed by atoms with Crippen molar-refractivity contribution in [1.82, 2.24) is 9.29 Å². The number of aryl methyl sites for hydroxylation is 1. The number of nitrogens with one attached hydrogen (secondary N) is 1. The van der Waals surface area contributed by atoms with Crippen molar-refractivity contribution in [3.8, 4) is 5.75 Å². The number of carbonyl (C=O) groups excluding carboxylic acids is 2. The van der Waals surface area contributed by atoms with Crippen LogP contribution in [0.5, 0.6) is 5.75 Å². The van der Waals surface area contributed by atoms with Gasteiger partial charge in [0.1, 0.15) is 11.4 Å². The van der Waals surface area contributed by atoms with Gasteiger partial charge in [0.15, 0.2) is 5.78 Å². The minimum Gasteiger partial charge on any atom is -0.497 e. The third-order valence-electron chi connectivity index (χ3n) is 5.48. The number of rotatable bonds is 10. The van der Waals surface area contributed by atoms with E-state index in [4.69, 9.17) is 9.47 Å². The molecule has 9 heteroatoms. The number of nitrogens with zero attached hydrogens (tertiary/aromatic N) is 1. The summed E-state index contributed by atoms with van der Waals surface area (Å²) < 4.78 is 38.1. The minimum atomic E-state index is -3.96. The molecule has 0 spiro atoms. The van der Waals surface area contributed by atoms with Gasteiger partial charge in [-0.3, -0.25) is 4.79 Å². The Kier molecular flexibility index (Phi) is 8.25. The van der Waals surface area contributed by atoms with Crippen molar-refractivity contribution in [2.24, 2.45) is 5.92 Å². The molecule has 8 nitrogen and oxygen atoms in total. The van der Waals surface area contributed by atoms with Crippen molar-refractivity contribution in [2.45, 2.75) is 52.0 Å². The summed E-state index contributed by atoms with van der Waals surface area (Å²) in [5.41, 5.74) is 1.42. The molecule has 0 aliphatic heterocycles. The van der Waals surface area contributed by atoms with Gasteiger partial charge in [-0.2, -0.15) is 4.31 Å². The van der Waals surface area contributed by atoms with Crippen LogP contribution >= 0.6 is 0 Å². The van der Waals surface area contributed by atoms with Crippen molar-refractivity contribution in [1.29, 1.82) is 0 Å². The minimum absolute atomic E-state index is 0.0828. The van der Waals surface area contributed by atoms with E-state index in [1.54, 1.807) is 32.9 Å². The standard InChI is InChI=1S/C23H32N2O6S/c1-14(2)12-13-25(32(28,29)19-10-8-18(30-6)9-11-19)17(5)22(26)20-15(3)21(23(27)31-7)24-16(20)4/h8-11,14,17,24H,12-13H2,1-7H3. The smallest absolute Gasteiger partial charge is 0.354 e. The number of carbonyl (C=O) groups is 2. The predicted molar refractivity (Wildman–Crippen MR) is 122 cm³/mol. The lowest BCUT2D eigenvalue weighted by Gasteiger charge is -2.28. The van der Waals surface area contributed by atoms with Gasteiger partial charge in [0.05, 0.1) is 25.2 Å². The molecule has 1 aromatic carbocycles. The first-order valence-corrected chi connectivity index (χ1v) is 11.9. The molecule has 176 valence electrons. The number of hydrogen-bond donors (Lipinski definition) is 1. The lowest BCUT2D eigenvalue weighted by molar-refractivity contribution is 0.0593. The van der Waals surface area contributed by atoms with Gasteiger partial charge in [0, 0.05) is 17.8 Å². The van der Waals surface area contributed by atoms with E-state index in [1.165, 1.54) is 30.7 Å². The van der Waals surface area contributed by atoms with Crippen LogP contribution in [0.1, 0.15) is 59.3 Å². The normalized spacial score (nSPS) is 12.8. The SMILES string of the molecule is COC(=O)c1[nH]c(C)c(C(=O)C(C)N(CCC(C)C)S(=O)(=O)c2ccc(OC)cc2)c1C. The lowest BCUT2D eigenvalue weighted by atomic mass is 10.0. The van der Waals surface area contributed by atoms with Gasteiger partial charge >= 0.3 is 5.97 Å². The van der Waals surface area contributed by atoms with Gasteiger partial charge in [-0.25, -0.2) is 13.2 Å². The summed E-state index contributed by atoms with van der Waals surface area (Å²) in [7, 11) is -1.19. The van der Waals surface area contributed by atoms with Gasteiger partial charge in [0.25, 0.3) is 0 Å². The second-order valence-corrected chi connectivity index (χ2v) is 10.0. The Labute approximate surface area is 190 Å². The molecule has 2 aromatic rings. The van der Waals surface area contributed by atoms with Crippen LogP contribution in [0.25, 0.3) is 0 Å². The number of H-pyrrole nitrogens is 1. The van der Waals surface area contributed by atoms with Crippen LogP contribution in [0.2, 0.25) is 0 Å². The molecule has 0 saturated heterocycles. The summed E-state index contributed by atoms with van der Waals surface area (Å²) in [5, 5.41) is 0. The molecule has 0 radical (unpaired) electrons. The second-order valence-electron chi connectivity index (χ2n) is 8.13. The Balaban J connectivity index is 2.49. The third-order valence-corrected chi connectivity index (χ3v) is 7.46. The topological polar surface area (TPSA) is 106 Å². The van der Waals surface area contributed by atoms with E-state index in [-0.39, 0.29) is 28.8 Å². The highest BCUT2D eigenvalue weighted by Crippen LogP contribution is 2.26. The summed E-state index contributed by atoms with van der Waals surface area (Å²) in [5.74, 6) is -0.185. The molecule has 0 amide bonds. The Morgan fingerprint density at radius 3 is 2.16 bits per heavy atom. The van der Waals surface area contributed by atoms with Crippen LogP contribution in [0.3, 0.4) is 0 Å². The van der Waals surface area contributed by atoms with Crippen molar-refractivity contribution in [3.63, 3.8) is 0 Å². The van der Waals surface area contributed by atoms with Crippen molar-refractivity contribution in [2.75, 3.05) is 20.8 Å². The number of esters is 1. The number of hydrogen-bond acceptors (Lipinski definition) is 6. The molecule has 0 bridgehead atoms. The molecule has 0 aliphatic carbocycles. The highest BCUT2D eigenvalue weighted by atomic mass is 32.2. The van der Waals surface area contributed by atoms with Crippen molar-refractivity contribution >= 4 is 21.8 Å². The summed E-state index contributed by atoms with van der Waals surface area (Å²) in [6.07, 6.45) is 0.589. The van der Waals surface area contributed by atoms with E-state index < -0.39 is 22.0 Å². The van der Waals surface area contributed by atoms with Gasteiger partial charge in [-0.15, -0.1) is 0 Å². The average molecular weight is 465 g/mol. The van der Waals surface area contributed by atoms with Crippen LogP contribution in [0.15, 0.2) is 29.2 Å². The molecule has 1 heterocycles. The van der Waals surface area contributed by atoms with Crippen molar-refractivity contribution in [3.05, 3.63) is 46.8 Å². The van der Waals surface area contributed by atoms with Gasteiger partial charge in [-0.1, -0.05) is 13.8 Å². The number of sulfonamides is 1. The Morgan fingerprint density at radius 2 is 1.66 bits per heavy atom. The van der Waals surface area contributed by atoms with E-state index in [0.717, 1.165) is 0 Å². The monoisotopic (exact) mass is 464 g/mol. The van der Waals surface area contributed by atoms with Crippen LogP contribution in [-0.2, 0) is 14.8 Å². The molecule has 1 aromatic heterocycles. The van der Waals surface area contributed by atoms with E-state index in [0.29, 0.717) is 29.0 Å². The maximum atomic E-state index is 13.5. The molecule has 1 atom stereocenters. The zero-order chi connectivity index (χ0) is 24.2. The fourth-order valence-electron chi connectivity index (χ4n) is 3.56. The van der Waals surface area contributed by atoms with E-state index in [9.17, 15) is 18.0 Å². The van der Waals surface area contributed by atoms with Crippen LogP contribution in [0.4, 0.5) is 0 Å². The lowest BCUT2D eigenvalue weighted by Crippen LogP contribution is -2.44. The van der Waals surface area contributed by atoms with Crippen LogP contribution in [-0.4, -0.2) is 56.3 Å². The van der Waals surface area contributed by atoms with E-state index in [2.05, 4.69) is 4.98 Å². The summed E-state index contributed by atoms with van der Waals surface area (Å²) >= 11 is 0. The van der Waals surface area contributed by atoms with Crippen LogP contribution in [0, 0.1) is 19.8 Å². The Morgan fingerprint density at radius 1 is 1.06 bits per heavy atom. The number of Topliss-reactive ketones (excluding diaryl/α,β-unsaturated/α-hetero) is 1. The number of ketones is 1. The Hall–Kier alpha value is -2.65. The van der Waals surface area contributed by atoms with Crippen molar-refractivity contribution < 1.29 is 27.5 Å². The third kappa shape index (κ3) is 5.21. The van der Waals surface area contributed by atoms with E-state index in [1.807, 2.05) is 13.8 Å². The molecule has 1 unspecified atom stereocenters. The number of benzene rings is 1. The molecule has 0 fully saturated rings. The quantitative estimate of drug-likeness (QED) is 0.424. The maximum absolute atomic E-state index is 13.5. The summed E-state index contributed by atoms with van der Waals surface area (Å²) in [6, 6.07) is 5.11. The fourth-order valence-corrected chi connectivity index (χ4v) is 5.16. The molecule has 1 N–H and O–H groups in total. The summed E-state index contributed by atoms with van der Waals surface area (Å²) in [4.78, 5) is 28.5. The van der Waals surface area contributed by atoms with Gasteiger partial charge in [-0.05, 0) is 62.9 Å². The zero-order valence-corrected chi connectivity index (χ0v) is 20.5. The molecule has 2 rings (SSSR count). The molecule has 0 saturated carbocycles. The number of aromatic nitrogens is 1. The number of methoxy groups -OCH3 is 2. The van der Waals surface area contributed by atoms with Gasteiger partial charge in [0.2, 0.25) is 10.0 Å². The predicted octanol–water partition coefficient (Wildman–Crippen LogP) is 3.73. The highest BCUT2D eigenvalue weighted by molar-refractivity contribution is 7.89. The first kappa shape index (κ1) is 25.6. The number of ether oxygens (including phenoxy) is 2. The molecule has 32 heavy (non-hydrogen) atoms. The summed E-state index contributed by atoms with van der Waals surface area (Å²) in [6.45, 7) is 9.07. The van der Waals surface area contributed by atoms with Crippen LogP contribution < -0.4 is 4.74 Å². The fraction of sp³-hybridized carbons (Fsp3) is 0.478. The van der Waals surface area contributed by atoms with Gasteiger partial charge < -0.3 is 14.5 Å². The molecular formula is C23H32N2O6S. The zero-order valence-electron chi connectivity index (χ0n) is 19.7. The average Bonchev–Trinajstić information content (AvgIpc) is 3.06. The second kappa shape index (κ2) is 10.3. The molecular weight excluding hydrogens is 432 g/mol. The largest absolute Gasteiger partial charge is 0.497 e. The van der Waals surface area contributed by atoms with E-state index >= 15 is 0 Å².